The van der Waals surface area contributed by atoms with E-state index in [0.29, 0.717) is 16.1 Å². The second-order valence-electron chi connectivity index (χ2n) is 5.23. The molecule has 0 fully saturated rings. The van der Waals surface area contributed by atoms with E-state index in [-0.39, 0.29) is 58.4 Å². The third-order valence-corrected chi connectivity index (χ3v) is 6.69. The van der Waals surface area contributed by atoms with Crippen molar-refractivity contribution in [2.24, 2.45) is 12.8 Å². The smallest absolute Gasteiger partial charge is 0.335 e. The van der Waals surface area contributed by atoms with Gasteiger partial charge in [0.2, 0.25) is 9.84 Å². The summed E-state index contributed by atoms with van der Waals surface area (Å²) in [6.07, 6.45) is 4.45. The molecule has 3 N–H and O–H groups in total. The summed E-state index contributed by atoms with van der Waals surface area (Å²) in [5.41, 5.74) is 6.43. The zero-order valence-electron chi connectivity index (χ0n) is 14.3. The third-order valence-electron chi connectivity index (χ3n) is 3.47. The summed E-state index contributed by atoms with van der Waals surface area (Å²) >= 11 is 0.967. The van der Waals surface area contributed by atoms with Crippen LogP contribution in [0.4, 0.5) is 0 Å². The molecule has 2 aromatic heterocycles. The Labute approximate surface area is 183 Å². The Morgan fingerprint density at radius 1 is 1.18 bits per heavy atom. The lowest BCUT2D eigenvalue weighted by atomic mass is 10.1. The molecular formula is C15H17Cl3N4O4S2. The molecule has 0 radical (unpaired) electrons. The Morgan fingerprint density at radius 3 is 2.36 bits per heavy atom. The van der Waals surface area contributed by atoms with Gasteiger partial charge in [-0.1, -0.05) is 0 Å². The zero-order valence-corrected chi connectivity index (χ0v) is 18.4. The van der Waals surface area contributed by atoms with Gasteiger partial charge in [-0.25, -0.2) is 18.2 Å². The molecule has 8 nitrogen and oxygen atoms in total. The Kier molecular flexibility index (Phi) is 9.58. The molecule has 28 heavy (non-hydrogen) atoms. The third kappa shape index (κ3) is 5.22. The van der Waals surface area contributed by atoms with Crippen LogP contribution in [0.1, 0.15) is 15.4 Å². The number of aromatic nitrogens is 3. The SMILES string of the molecule is Cl.Cl.Cl.Cn1cc(-c2cc(C(=O)O)cc(S(=O)(=O)c3cnc(CN)s3)c2)cn1. The van der Waals surface area contributed by atoms with Gasteiger partial charge < -0.3 is 10.8 Å². The Bertz CT molecular complexity index is 1070. The summed E-state index contributed by atoms with van der Waals surface area (Å²) in [7, 11) is -2.18. The number of halogens is 3. The fraction of sp³-hybridized carbons (Fsp3) is 0.133. The summed E-state index contributed by atoms with van der Waals surface area (Å²) in [6.45, 7) is 0.135. The van der Waals surface area contributed by atoms with Crippen molar-refractivity contribution in [1.29, 1.82) is 0 Å². The zero-order chi connectivity index (χ0) is 18.2. The average molecular weight is 488 g/mol. The second kappa shape index (κ2) is 10.2. The average Bonchev–Trinajstić information content (AvgIpc) is 3.23. The van der Waals surface area contributed by atoms with Crippen LogP contribution in [0.15, 0.2) is 45.9 Å². The lowest BCUT2D eigenvalue weighted by molar-refractivity contribution is 0.0696. The molecule has 2 heterocycles. The van der Waals surface area contributed by atoms with E-state index in [1.165, 1.54) is 24.5 Å². The fourth-order valence-electron chi connectivity index (χ4n) is 2.24. The number of aromatic carboxylic acids is 1. The Hall–Kier alpha value is -1.69. The van der Waals surface area contributed by atoms with E-state index < -0.39 is 15.8 Å². The van der Waals surface area contributed by atoms with Crippen LogP contribution in [0.2, 0.25) is 0 Å². The van der Waals surface area contributed by atoms with Crippen molar-refractivity contribution < 1.29 is 18.3 Å². The van der Waals surface area contributed by atoms with Crippen molar-refractivity contribution in [1.82, 2.24) is 14.8 Å². The van der Waals surface area contributed by atoms with Crippen molar-refractivity contribution in [2.75, 3.05) is 0 Å². The number of hydrogen-bond donors (Lipinski definition) is 2. The van der Waals surface area contributed by atoms with Gasteiger partial charge in [0.05, 0.1) is 22.9 Å². The molecule has 13 heteroatoms. The van der Waals surface area contributed by atoms with E-state index >= 15 is 0 Å². The van der Waals surface area contributed by atoms with Crippen LogP contribution in [-0.2, 0) is 23.4 Å². The van der Waals surface area contributed by atoms with E-state index in [1.807, 2.05) is 0 Å². The van der Waals surface area contributed by atoms with Crippen molar-refractivity contribution in [2.45, 2.75) is 15.6 Å². The van der Waals surface area contributed by atoms with Crippen LogP contribution in [0.25, 0.3) is 11.1 Å². The molecule has 0 saturated heterocycles. The number of carbonyl (C=O) groups is 1. The molecule has 1 aromatic carbocycles. The highest BCUT2D eigenvalue weighted by Gasteiger charge is 2.23. The highest BCUT2D eigenvalue weighted by atomic mass is 35.5. The molecule has 0 unspecified atom stereocenters. The number of thiazole rings is 1. The van der Waals surface area contributed by atoms with E-state index in [4.69, 9.17) is 5.73 Å². The summed E-state index contributed by atoms with van der Waals surface area (Å²) in [5, 5.41) is 13.8. The van der Waals surface area contributed by atoms with Crippen LogP contribution in [0.3, 0.4) is 0 Å². The maximum absolute atomic E-state index is 12.8. The minimum Gasteiger partial charge on any atom is -0.478 e. The van der Waals surface area contributed by atoms with Gasteiger partial charge in [0.15, 0.2) is 0 Å². The molecule has 0 aliphatic carbocycles. The topological polar surface area (TPSA) is 128 Å². The first kappa shape index (κ1) is 26.3. The molecule has 0 aliphatic rings. The van der Waals surface area contributed by atoms with Crippen LogP contribution < -0.4 is 5.73 Å². The number of benzene rings is 1. The first-order valence-electron chi connectivity index (χ1n) is 7.08. The predicted octanol–water partition coefficient (Wildman–Crippen LogP) is 2.80. The monoisotopic (exact) mass is 486 g/mol. The van der Waals surface area contributed by atoms with E-state index in [9.17, 15) is 18.3 Å². The number of carboxylic acid groups (broad SMARTS) is 1. The standard InChI is InChI=1S/C15H14N4O4S2.3ClH/c1-19-8-11(6-18-19)9-2-10(15(20)21)4-12(3-9)25(22,23)14-7-17-13(5-16)24-14;;;/h2-4,6-8H,5,16H2,1H3,(H,20,21);3*1H. The molecule has 154 valence electrons. The second-order valence-corrected chi connectivity index (χ2v) is 8.53. The maximum atomic E-state index is 12.8. The van der Waals surface area contributed by atoms with Crippen molar-refractivity contribution in [3.63, 3.8) is 0 Å². The van der Waals surface area contributed by atoms with Crippen LogP contribution in [0, 0.1) is 0 Å². The summed E-state index contributed by atoms with van der Waals surface area (Å²) < 4.78 is 27.3. The van der Waals surface area contributed by atoms with Crippen LogP contribution in [-0.4, -0.2) is 34.3 Å². The first-order chi connectivity index (χ1) is 11.8. The first-order valence-corrected chi connectivity index (χ1v) is 9.38. The predicted molar refractivity (Wildman–Crippen MR) is 113 cm³/mol. The van der Waals surface area contributed by atoms with E-state index in [1.54, 1.807) is 17.9 Å². The largest absolute Gasteiger partial charge is 0.478 e. The van der Waals surface area contributed by atoms with Crippen molar-refractivity contribution in [3.8, 4) is 11.1 Å². The lowest BCUT2D eigenvalue weighted by Gasteiger charge is -2.07. The molecule has 3 rings (SSSR count). The molecule has 3 aromatic rings. The van der Waals surface area contributed by atoms with E-state index in [2.05, 4.69) is 10.1 Å². The van der Waals surface area contributed by atoms with Crippen LogP contribution >= 0.6 is 48.6 Å². The molecule has 0 bridgehead atoms. The number of carboxylic acids is 1. The highest BCUT2D eigenvalue weighted by Crippen LogP contribution is 2.30. The van der Waals surface area contributed by atoms with Gasteiger partial charge in [-0.2, -0.15) is 5.10 Å². The Morgan fingerprint density at radius 2 is 1.86 bits per heavy atom. The quantitative estimate of drug-likeness (QED) is 0.566. The number of sulfone groups is 1. The van der Waals surface area contributed by atoms with Gasteiger partial charge in [0.1, 0.15) is 9.22 Å². The summed E-state index contributed by atoms with van der Waals surface area (Å²) in [4.78, 5) is 15.3. The van der Waals surface area contributed by atoms with Crippen molar-refractivity contribution in [3.05, 3.63) is 47.4 Å². The normalized spacial score (nSPS) is 10.4. The number of nitrogens with two attached hydrogens (primary N) is 1. The molecule has 0 saturated carbocycles. The van der Waals surface area contributed by atoms with Gasteiger partial charge in [0.25, 0.3) is 0 Å². The molecule has 0 spiro atoms. The fourth-order valence-corrected chi connectivity index (χ4v) is 4.77. The van der Waals surface area contributed by atoms with Crippen molar-refractivity contribution >= 4 is 64.4 Å². The van der Waals surface area contributed by atoms with Gasteiger partial charge in [-0.3, -0.25) is 4.68 Å². The number of rotatable bonds is 5. The minimum atomic E-state index is -3.90. The van der Waals surface area contributed by atoms with Crippen LogP contribution in [0.5, 0.6) is 0 Å². The highest BCUT2D eigenvalue weighted by molar-refractivity contribution is 7.93. The van der Waals surface area contributed by atoms with Gasteiger partial charge in [0, 0.05) is 25.4 Å². The number of nitrogens with zero attached hydrogens (tertiary/aromatic N) is 3. The van der Waals surface area contributed by atoms with Gasteiger partial charge in [-0.15, -0.1) is 48.6 Å². The summed E-state index contributed by atoms with van der Waals surface area (Å²) in [5.74, 6) is -1.21. The Balaban J connectivity index is 0.00000243. The maximum Gasteiger partial charge on any atom is 0.335 e. The minimum absolute atomic E-state index is 0. The number of hydrogen-bond acceptors (Lipinski definition) is 7. The number of aryl methyl sites for hydroxylation is 1. The van der Waals surface area contributed by atoms with Gasteiger partial charge in [-0.05, 0) is 23.8 Å². The summed E-state index contributed by atoms with van der Waals surface area (Å²) in [6, 6.07) is 3.98. The molecule has 0 atom stereocenters. The van der Waals surface area contributed by atoms with Gasteiger partial charge >= 0.3 is 5.97 Å². The molecular weight excluding hydrogens is 471 g/mol. The molecule has 0 aliphatic heterocycles. The molecule has 0 amide bonds. The van der Waals surface area contributed by atoms with E-state index in [0.717, 1.165) is 17.4 Å². The lowest BCUT2D eigenvalue weighted by Crippen LogP contribution is -2.04.